The van der Waals surface area contributed by atoms with Crippen LogP contribution in [0.4, 0.5) is 0 Å². The highest BCUT2D eigenvalue weighted by molar-refractivity contribution is 5.86. The third kappa shape index (κ3) is 2.69. The molecule has 2 atom stereocenters. The fraction of sp³-hybridized carbons (Fsp3) is 0.500. The third-order valence-corrected chi connectivity index (χ3v) is 5.00. The predicted octanol–water partition coefficient (Wildman–Crippen LogP) is 3.87. The van der Waals surface area contributed by atoms with Crippen molar-refractivity contribution >= 4 is 10.9 Å². The van der Waals surface area contributed by atoms with Gasteiger partial charge in [0.05, 0.1) is 5.56 Å². The number of hydrogen-bond donors (Lipinski definition) is 1. The van der Waals surface area contributed by atoms with Gasteiger partial charge in [0.2, 0.25) is 0 Å². The number of aromatic amines is 1. The summed E-state index contributed by atoms with van der Waals surface area (Å²) >= 11 is 0. The molecule has 21 heavy (non-hydrogen) atoms. The summed E-state index contributed by atoms with van der Waals surface area (Å²) in [6, 6.07) is 8.89. The predicted molar refractivity (Wildman–Crippen MR) is 86.3 cm³/mol. The van der Waals surface area contributed by atoms with Gasteiger partial charge < -0.3 is 9.88 Å². The van der Waals surface area contributed by atoms with Gasteiger partial charge in [0.15, 0.2) is 0 Å². The molecule has 1 aromatic carbocycles. The third-order valence-electron chi connectivity index (χ3n) is 5.00. The quantitative estimate of drug-likeness (QED) is 0.924. The molecule has 0 aliphatic heterocycles. The molecule has 1 heterocycles. The van der Waals surface area contributed by atoms with Crippen LogP contribution in [0.15, 0.2) is 24.4 Å². The zero-order valence-electron chi connectivity index (χ0n) is 12.9. The molecule has 1 aromatic heterocycles. The Labute approximate surface area is 126 Å². The van der Waals surface area contributed by atoms with Crippen LogP contribution >= 0.6 is 0 Å². The highest BCUT2D eigenvalue weighted by atomic mass is 15.1. The normalized spacial score (nSPS) is 22.0. The second-order valence-corrected chi connectivity index (χ2v) is 6.27. The number of benzene rings is 1. The minimum atomic E-state index is 0.643. The monoisotopic (exact) mass is 281 g/mol. The van der Waals surface area contributed by atoms with Gasteiger partial charge >= 0.3 is 0 Å². The van der Waals surface area contributed by atoms with E-state index in [1.165, 1.54) is 31.4 Å². The van der Waals surface area contributed by atoms with E-state index in [0.29, 0.717) is 5.92 Å². The molecule has 0 radical (unpaired) electrons. The van der Waals surface area contributed by atoms with Crippen molar-refractivity contribution in [3.05, 3.63) is 35.5 Å². The zero-order valence-corrected chi connectivity index (χ0v) is 12.9. The molecule has 2 aromatic rings. The Kier molecular flexibility index (Phi) is 3.98. The number of nitrogens with zero attached hydrogens (tertiary/aromatic N) is 2. The smallest absolute Gasteiger partial charge is 0.101 e. The number of hydrogen-bond acceptors (Lipinski definition) is 2. The number of nitriles is 1. The molecule has 1 saturated carbocycles. The van der Waals surface area contributed by atoms with Crippen LogP contribution in [-0.2, 0) is 0 Å². The molecule has 3 heteroatoms. The van der Waals surface area contributed by atoms with Crippen LogP contribution in [0.5, 0.6) is 0 Å². The van der Waals surface area contributed by atoms with Crippen LogP contribution in [0, 0.1) is 17.2 Å². The van der Waals surface area contributed by atoms with Crippen molar-refractivity contribution in [1.29, 1.82) is 5.26 Å². The first-order valence-corrected chi connectivity index (χ1v) is 7.92. The van der Waals surface area contributed by atoms with Crippen LogP contribution in [0.3, 0.4) is 0 Å². The van der Waals surface area contributed by atoms with Gasteiger partial charge in [0, 0.05) is 23.6 Å². The van der Waals surface area contributed by atoms with E-state index in [1.54, 1.807) is 0 Å². The molecular weight excluding hydrogens is 258 g/mol. The minimum Gasteiger partial charge on any atom is -0.360 e. The van der Waals surface area contributed by atoms with Crippen molar-refractivity contribution < 1.29 is 0 Å². The summed E-state index contributed by atoms with van der Waals surface area (Å²) in [5, 5.41) is 10.3. The average Bonchev–Trinajstić information content (AvgIpc) is 3.12. The van der Waals surface area contributed by atoms with Gasteiger partial charge in [0.1, 0.15) is 6.07 Å². The molecule has 1 N–H and O–H groups in total. The highest BCUT2D eigenvalue weighted by Crippen LogP contribution is 2.40. The number of rotatable bonds is 4. The van der Waals surface area contributed by atoms with E-state index in [1.807, 2.05) is 6.20 Å². The summed E-state index contributed by atoms with van der Waals surface area (Å²) in [5.41, 5.74) is 3.23. The lowest BCUT2D eigenvalue weighted by atomic mass is 9.87. The fourth-order valence-electron chi connectivity index (χ4n) is 3.69. The second-order valence-electron chi connectivity index (χ2n) is 6.27. The lowest BCUT2D eigenvalue weighted by Crippen LogP contribution is -2.26. The van der Waals surface area contributed by atoms with Gasteiger partial charge in [-0.05, 0) is 56.0 Å². The Morgan fingerprint density at radius 1 is 1.38 bits per heavy atom. The summed E-state index contributed by atoms with van der Waals surface area (Å²) in [6.07, 6.45) is 5.74. The number of nitrogens with one attached hydrogen (secondary N) is 1. The summed E-state index contributed by atoms with van der Waals surface area (Å²) < 4.78 is 0. The summed E-state index contributed by atoms with van der Waals surface area (Å²) in [6.45, 7) is 4.51. The highest BCUT2D eigenvalue weighted by Gasteiger charge is 2.29. The van der Waals surface area contributed by atoms with Gasteiger partial charge in [0.25, 0.3) is 0 Å². The molecule has 3 nitrogen and oxygen atoms in total. The van der Waals surface area contributed by atoms with Crippen LogP contribution < -0.4 is 0 Å². The molecule has 0 amide bonds. The van der Waals surface area contributed by atoms with Gasteiger partial charge in [-0.25, -0.2) is 0 Å². The van der Waals surface area contributed by atoms with Crippen LogP contribution in [0.2, 0.25) is 0 Å². The van der Waals surface area contributed by atoms with Gasteiger partial charge in [-0.3, -0.25) is 0 Å². The average molecular weight is 281 g/mol. The van der Waals surface area contributed by atoms with Crippen molar-refractivity contribution in [1.82, 2.24) is 9.88 Å². The van der Waals surface area contributed by atoms with Crippen molar-refractivity contribution in [3.63, 3.8) is 0 Å². The van der Waals surface area contributed by atoms with E-state index in [2.05, 4.69) is 48.1 Å². The van der Waals surface area contributed by atoms with Crippen LogP contribution in [-0.4, -0.2) is 30.0 Å². The summed E-state index contributed by atoms with van der Waals surface area (Å²) in [7, 11) is 2.21. The number of H-pyrrole nitrogens is 1. The lowest BCUT2D eigenvalue weighted by molar-refractivity contribution is 0.276. The van der Waals surface area contributed by atoms with Crippen LogP contribution in [0.1, 0.15) is 43.2 Å². The van der Waals surface area contributed by atoms with Crippen molar-refractivity contribution in [2.75, 3.05) is 20.1 Å². The van der Waals surface area contributed by atoms with Gasteiger partial charge in [-0.15, -0.1) is 0 Å². The molecule has 3 rings (SSSR count). The van der Waals surface area contributed by atoms with E-state index < -0.39 is 0 Å². The number of fused-ring (bicyclic) bond motifs is 1. The maximum absolute atomic E-state index is 9.21. The maximum atomic E-state index is 9.21. The van der Waals surface area contributed by atoms with Gasteiger partial charge in [-0.2, -0.15) is 5.26 Å². The van der Waals surface area contributed by atoms with Crippen molar-refractivity contribution in [2.24, 2.45) is 5.92 Å². The summed E-state index contributed by atoms with van der Waals surface area (Å²) in [5.74, 6) is 1.39. The summed E-state index contributed by atoms with van der Waals surface area (Å²) in [4.78, 5) is 5.59. The van der Waals surface area contributed by atoms with Crippen molar-refractivity contribution in [2.45, 2.75) is 32.1 Å². The fourth-order valence-corrected chi connectivity index (χ4v) is 3.69. The maximum Gasteiger partial charge on any atom is 0.101 e. The first-order valence-electron chi connectivity index (χ1n) is 7.92. The Morgan fingerprint density at radius 2 is 2.24 bits per heavy atom. The van der Waals surface area contributed by atoms with Crippen molar-refractivity contribution in [3.8, 4) is 6.07 Å². The molecular formula is C18H23N3. The van der Waals surface area contributed by atoms with E-state index >= 15 is 0 Å². The Morgan fingerprint density at radius 3 is 3.00 bits per heavy atom. The first-order chi connectivity index (χ1) is 10.2. The van der Waals surface area contributed by atoms with E-state index in [9.17, 15) is 5.26 Å². The Hall–Kier alpha value is -1.79. The molecule has 0 saturated heterocycles. The standard InChI is InChI=1S/C18H23N3/c1-3-21(2)12-14-5-4-6-16(14)13-7-8-18-17(9-13)15(10-19)11-20-18/h7-9,11,14,16,20H,3-6,12H2,1-2H3/t14-,16-/m0/s1. The number of aromatic nitrogens is 1. The van der Waals surface area contributed by atoms with Crippen LogP contribution in [0.25, 0.3) is 10.9 Å². The molecule has 0 spiro atoms. The molecule has 1 aliphatic carbocycles. The van der Waals surface area contributed by atoms with Gasteiger partial charge in [-0.1, -0.05) is 19.4 Å². The minimum absolute atomic E-state index is 0.643. The molecule has 1 fully saturated rings. The topological polar surface area (TPSA) is 42.8 Å². The van der Waals surface area contributed by atoms with E-state index in [4.69, 9.17) is 0 Å². The largest absolute Gasteiger partial charge is 0.360 e. The lowest BCUT2D eigenvalue weighted by Gasteiger charge is -2.25. The molecule has 110 valence electrons. The first kappa shape index (κ1) is 14.2. The Bertz CT molecular complexity index is 665. The Balaban J connectivity index is 1.90. The molecule has 1 aliphatic rings. The van der Waals surface area contributed by atoms with E-state index in [-0.39, 0.29) is 0 Å². The molecule has 0 unspecified atom stereocenters. The molecule has 0 bridgehead atoms. The van der Waals surface area contributed by atoms with E-state index in [0.717, 1.165) is 28.9 Å². The SMILES string of the molecule is CCN(C)C[C@@H]1CCC[C@H]1c1ccc2[nH]cc(C#N)c2c1. The zero-order chi connectivity index (χ0) is 14.8. The second kappa shape index (κ2) is 5.91.